The number of nitrogens with one attached hydrogen (secondary N) is 2. The fourth-order valence-corrected chi connectivity index (χ4v) is 5.48. The standard InChI is InChI=1S/C26H40BrN7O2/c1-31-12-14-33(15-13-31)22-6-10-32(11-7-22)19-20-2-4-21(5-3-20)26(35)30-34(25(29)24(27)18-28)23-8-16-36-17-9-23/h2-5,18,22-23,29H,6-17,19,28H2,1H3,(H,30,35). The molecule has 0 radical (unpaired) electrons. The van der Waals surface area contributed by atoms with Crippen molar-refractivity contribution >= 4 is 27.7 Å². The second kappa shape index (κ2) is 13.0. The number of likely N-dealkylation sites (tertiary alicyclic amines) is 1. The Kier molecular flexibility index (Phi) is 9.78. The Bertz CT molecular complexity index is 903. The van der Waals surface area contributed by atoms with E-state index in [4.69, 9.17) is 15.9 Å². The van der Waals surface area contributed by atoms with Gasteiger partial charge in [-0.1, -0.05) is 12.1 Å². The van der Waals surface area contributed by atoms with Crippen LogP contribution < -0.4 is 11.2 Å². The molecule has 0 atom stereocenters. The van der Waals surface area contributed by atoms with Crippen LogP contribution in [0.3, 0.4) is 0 Å². The number of piperidine rings is 1. The first-order valence-corrected chi connectivity index (χ1v) is 13.8. The molecule has 4 rings (SSSR count). The van der Waals surface area contributed by atoms with E-state index in [1.807, 2.05) is 24.3 Å². The molecule has 3 aliphatic rings. The Morgan fingerprint density at radius 3 is 2.36 bits per heavy atom. The molecule has 3 heterocycles. The molecule has 1 aromatic carbocycles. The topological polar surface area (TPSA) is 101 Å². The first kappa shape index (κ1) is 27.1. The van der Waals surface area contributed by atoms with E-state index in [2.05, 4.69) is 43.1 Å². The van der Waals surface area contributed by atoms with Crippen molar-refractivity contribution in [1.29, 1.82) is 5.41 Å². The normalized spacial score (nSPS) is 21.9. The number of hydrogen-bond donors (Lipinski definition) is 3. The van der Waals surface area contributed by atoms with Crippen LogP contribution in [0.5, 0.6) is 0 Å². The third kappa shape index (κ3) is 7.07. The lowest BCUT2D eigenvalue weighted by molar-refractivity contribution is 0.0393. The van der Waals surface area contributed by atoms with Crippen molar-refractivity contribution in [3.05, 3.63) is 46.1 Å². The molecular formula is C26H40BrN7O2. The van der Waals surface area contributed by atoms with Crippen LogP contribution in [0, 0.1) is 5.41 Å². The van der Waals surface area contributed by atoms with Crippen LogP contribution >= 0.6 is 15.9 Å². The monoisotopic (exact) mass is 561 g/mol. The number of nitrogens with two attached hydrogens (primary N) is 1. The molecule has 36 heavy (non-hydrogen) atoms. The molecule has 1 amide bonds. The maximum atomic E-state index is 13.1. The van der Waals surface area contributed by atoms with Crippen LogP contribution in [0.1, 0.15) is 41.6 Å². The summed E-state index contributed by atoms with van der Waals surface area (Å²) in [7, 11) is 2.21. The largest absolute Gasteiger partial charge is 0.404 e. The van der Waals surface area contributed by atoms with Gasteiger partial charge in [0.2, 0.25) is 0 Å². The smallest absolute Gasteiger partial charge is 0.269 e. The van der Waals surface area contributed by atoms with Gasteiger partial charge in [0.1, 0.15) is 0 Å². The molecule has 0 saturated carbocycles. The molecule has 1 aromatic rings. The van der Waals surface area contributed by atoms with Crippen molar-refractivity contribution in [3.8, 4) is 0 Å². The number of amidine groups is 1. The van der Waals surface area contributed by atoms with E-state index < -0.39 is 0 Å². The highest BCUT2D eigenvalue weighted by Gasteiger charge is 2.28. The van der Waals surface area contributed by atoms with Crippen LogP contribution in [-0.2, 0) is 11.3 Å². The Balaban J connectivity index is 1.29. The number of hydrazine groups is 1. The van der Waals surface area contributed by atoms with E-state index in [1.54, 1.807) is 5.01 Å². The van der Waals surface area contributed by atoms with Gasteiger partial charge in [0.25, 0.3) is 5.91 Å². The van der Waals surface area contributed by atoms with Crippen LogP contribution in [0.15, 0.2) is 34.9 Å². The number of benzene rings is 1. The van der Waals surface area contributed by atoms with Gasteiger partial charge in [-0.25, -0.2) is 0 Å². The molecular weight excluding hydrogens is 522 g/mol. The van der Waals surface area contributed by atoms with Crippen molar-refractivity contribution < 1.29 is 9.53 Å². The fraction of sp³-hybridized carbons (Fsp3) is 0.615. The van der Waals surface area contributed by atoms with Gasteiger partial charge in [-0.2, -0.15) is 0 Å². The third-order valence-electron chi connectivity index (χ3n) is 7.63. The molecule has 0 bridgehead atoms. The summed E-state index contributed by atoms with van der Waals surface area (Å²) in [6.07, 6.45) is 5.25. The maximum Gasteiger partial charge on any atom is 0.269 e. The Morgan fingerprint density at radius 1 is 1.11 bits per heavy atom. The van der Waals surface area contributed by atoms with Gasteiger partial charge in [-0.05, 0) is 79.4 Å². The lowest BCUT2D eigenvalue weighted by atomic mass is 10.0. The van der Waals surface area contributed by atoms with E-state index in [0.717, 1.165) is 32.5 Å². The van der Waals surface area contributed by atoms with Crippen molar-refractivity contribution in [1.82, 2.24) is 25.1 Å². The molecule has 0 aromatic heterocycles. The molecule has 4 N–H and O–H groups in total. The van der Waals surface area contributed by atoms with Gasteiger partial charge in [0, 0.05) is 63.7 Å². The molecule has 0 unspecified atom stereocenters. The van der Waals surface area contributed by atoms with Crippen molar-refractivity contribution in [2.45, 2.75) is 44.3 Å². The highest BCUT2D eigenvalue weighted by molar-refractivity contribution is 9.12. The average Bonchev–Trinajstić information content (AvgIpc) is 2.92. The minimum atomic E-state index is -0.233. The number of nitrogens with zero attached hydrogens (tertiary/aromatic N) is 4. The Hall–Kier alpha value is -1.98. The van der Waals surface area contributed by atoms with Crippen molar-refractivity contribution in [2.24, 2.45) is 5.73 Å². The molecule has 0 spiro atoms. The molecule has 0 aliphatic carbocycles. The second-order valence-electron chi connectivity index (χ2n) is 10.1. The van der Waals surface area contributed by atoms with Gasteiger partial charge in [0.15, 0.2) is 5.84 Å². The molecule has 10 heteroatoms. The minimum Gasteiger partial charge on any atom is -0.404 e. The van der Waals surface area contributed by atoms with Gasteiger partial charge < -0.3 is 15.4 Å². The molecule has 3 aliphatic heterocycles. The number of ether oxygens (including phenoxy) is 1. The quantitative estimate of drug-likeness (QED) is 0.278. The first-order chi connectivity index (χ1) is 17.4. The summed E-state index contributed by atoms with van der Waals surface area (Å²) in [5.41, 5.74) is 10.3. The second-order valence-corrected chi connectivity index (χ2v) is 10.9. The third-order valence-corrected chi connectivity index (χ3v) is 8.26. The van der Waals surface area contributed by atoms with E-state index in [9.17, 15) is 4.79 Å². The summed E-state index contributed by atoms with van der Waals surface area (Å²) in [6, 6.07) is 8.54. The molecule has 9 nitrogen and oxygen atoms in total. The minimum absolute atomic E-state index is 0.0178. The predicted octanol–water partition coefficient (Wildman–Crippen LogP) is 2.20. The fourth-order valence-electron chi connectivity index (χ4n) is 5.29. The van der Waals surface area contributed by atoms with Crippen molar-refractivity contribution in [3.63, 3.8) is 0 Å². The summed E-state index contributed by atoms with van der Waals surface area (Å²) >= 11 is 3.32. The van der Waals surface area contributed by atoms with Gasteiger partial charge in [0.05, 0.1) is 10.5 Å². The van der Waals surface area contributed by atoms with Gasteiger partial charge >= 0.3 is 0 Å². The summed E-state index contributed by atoms with van der Waals surface area (Å²) in [6.45, 7) is 9.08. The Labute approximate surface area is 223 Å². The molecule has 3 saturated heterocycles. The zero-order chi connectivity index (χ0) is 25.5. The number of piperazine rings is 1. The summed E-state index contributed by atoms with van der Waals surface area (Å²) in [5.74, 6) is -0.0996. The van der Waals surface area contributed by atoms with Gasteiger partial charge in [-0.15, -0.1) is 0 Å². The first-order valence-electron chi connectivity index (χ1n) is 13.0. The Morgan fingerprint density at radius 2 is 1.75 bits per heavy atom. The summed E-state index contributed by atoms with van der Waals surface area (Å²) < 4.78 is 5.88. The maximum absolute atomic E-state index is 13.1. The number of amides is 1. The van der Waals surface area contributed by atoms with Crippen LogP contribution in [-0.4, -0.2) is 103 Å². The van der Waals surface area contributed by atoms with Crippen LogP contribution in [0.2, 0.25) is 0 Å². The van der Waals surface area contributed by atoms with Crippen molar-refractivity contribution in [2.75, 3.05) is 59.5 Å². The van der Waals surface area contributed by atoms with E-state index in [0.29, 0.717) is 29.3 Å². The lowest BCUT2D eigenvalue weighted by Gasteiger charge is -2.42. The van der Waals surface area contributed by atoms with E-state index in [1.165, 1.54) is 50.8 Å². The van der Waals surface area contributed by atoms with E-state index >= 15 is 0 Å². The number of halogens is 1. The molecule has 3 fully saturated rings. The molecule has 198 valence electrons. The lowest BCUT2D eigenvalue weighted by Crippen LogP contribution is -2.53. The zero-order valence-electron chi connectivity index (χ0n) is 21.3. The average molecular weight is 563 g/mol. The van der Waals surface area contributed by atoms with Crippen LogP contribution in [0.25, 0.3) is 0 Å². The highest BCUT2D eigenvalue weighted by atomic mass is 79.9. The summed E-state index contributed by atoms with van der Waals surface area (Å²) in [5, 5.41) is 10.1. The predicted molar refractivity (Wildman–Crippen MR) is 146 cm³/mol. The SMILES string of the molecule is CN1CCN(C2CCN(Cc3ccc(C(=O)NN(C(=N)C(Br)=CN)C4CCOCC4)cc3)CC2)CC1. The number of carbonyl (C=O) groups is 1. The van der Waals surface area contributed by atoms with Gasteiger partial charge in [-0.3, -0.25) is 30.4 Å². The van der Waals surface area contributed by atoms with E-state index in [-0.39, 0.29) is 17.8 Å². The number of likely N-dealkylation sites (N-methyl/N-ethyl adjacent to an activating group) is 1. The van der Waals surface area contributed by atoms with Crippen LogP contribution in [0.4, 0.5) is 0 Å². The number of hydrogen-bond acceptors (Lipinski definition) is 7. The number of carbonyl (C=O) groups excluding carboxylic acids is 1. The zero-order valence-corrected chi connectivity index (χ0v) is 22.9. The highest BCUT2D eigenvalue weighted by Crippen LogP contribution is 2.21. The number of rotatable bonds is 6. The summed E-state index contributed by atoms with van der Waals surface area (Å²) in [4.78, 5) is 20.7.